The van der Waals surface area contributed by atoms with E-state index in [9.17, 15) is 32.3 Å². The van der Waals surface area contributed by atoms with Crippen LogP contribution in [-0.2, 0) is 37.1 Å². The van der Waals surface area contributed by atoms with Crippen molar-refractivity contribution in [3.63, 3.8) is 0 Å². The number of anilines is 2. The van der Waals surface area contributed by atoms with Crippen LogP contribution in [0.25, 0.3) is 0 Å². The largest absolute Gasteiger partial charge is 0.481 e. The zero-order chi connectivity index (χ0) is 41.1. The number of urea groups is 1. The van der Waals surface area contributed by atoms with E-state index < -0.39 is 65.4 Å². The van der Waals surface area contributed by atoms with Crippen LogP contribution in [0.3, 0.4) is 0 Å². The number of alkyl halides is 3. The molecule has 3 heterocycles. The number of aromatic nitrogens is 2. The molecule has 13 nitrogen and oxygen atoms in total. The lowest BCUT2D eigenvalue weighted by atomic mass is 9.45. The second kappa shape index (κ2) is 14.8. The van der Waals surface area contributed by atoms with E-state index in [1.54, 1.807) is 13.8 Å². The summed E-state index contributed by atoms with van der Waals surface area (Å²) < 4.78 is 59.6. The van der Waals surface area contributed by atoms with Crippen molar-refractivity contribution in [1.82, 2.24) is 20.2 Å². The van der Waals surface area contributed by atoms with Crippen LogP contribution in [0.4, 0.5) is 29.3 Å². The summed E-state index contributed by atoms with van der Waals surface area (Å²) in [5.41, 5.74) is -2.25. The van der Waals surface area contributed by atoms with Gasteiger partial charge in [0.05, 0.1) is 47.1 Å². The number of nitrogens with one attached hydrogen (secondary N) is 4. The van der Waals surface area contributed by atoms with Crippen LogP contribution in [0.5, 0.6) is 0 Å². The summed E-state index contributed by atoms with van der Waals surface area (Å²) in [6, 6.07) is 9.03. The average molecular weight is 793 g/mol. The molecule has 7 atom stereocenters. The van der Waals surface area contributed by atoms with Crippen LogP contribution in [0.1, 0.15) is 101 Å². The molecule has 17 heteroatoms. The Morgan fingerprint density at radius 1 is 1.07 bits per heavy atom. The number of fused-ring (bicyclic) bond motifs is 1. The van der Waals surface area contributed by atoms with Gasteiger partial charge >= 0.3 is 25.3 Å². The van der Waals surface area contributed by atoms with E-state index in [0.717, 1.165) is 25.0 Å². The van der Waals surface area contributed by atoms with Crippen LogP contribution < -0.4 is 26.8 Å². The summed E-state index contributed by atoms with van der Waals surface area (Å²) in [4.78, 5) is 58.7. The van der Waals surface area contributed by atoms with Gasteiger partial charge < -0.3 is 35.3 Å². The lowest BCUT2D eigenvalue weighted by Crippen LogP contribution is -2.63. The minimum Gasteiger partial charge on any atom is -0.462 e. The van der Waals surface area contributed by atoms with Crippen LogP contribution in [0.2, 0.25) is 0 Å². The van der Waals surface area contributed by atoms with Crippen molar-refractivity contribution in [3.05, 3.63) is 87.6 Å². The first-order valence-corrected chi connectivity index (χ1v) is 19.4. The number of hydrogen-bond donors (Lipinski definition) is 4. The fourth-order valence-electron chi connectivity index (χ4n) is 9.10. The first-order valence-electron chi connectivity index (χ1n) is 19.4. The Bertz CT molecular complexity index is 2120. The summed E-state index contributed by atoms with van der Waals surface area (Å²) in [6.45, 7) is 11.9. The molecular formula is C40H48BF3N6O7. The van der Waals surface area contributed by atoms with Crippen molar-refractivity contribution in [2.75, 3.05) is 17.2 Å². The fraction of sp³-hybridized carbons (Fsp3) is 0.525. The molecule has 1 saturated heterocycles. The monoisotopic (exact) mass is 792 g/mol. The minimum atomic E-state index is -4.54. The summed E-state index contributed by atoms with van der Waals surface area (Å²) >= 11 is 0. The molecule has 8 rings (SSSR count). The van der Waals surface area contributed by atoms with E-state index in [2.05, 4.69) is 47.0 Å². The standard InChI is InChI=1S/C40H48BF3N6O7/c1-7-30(41-56-31-27-17-25(37(27,3)4)18-39(31,6)57-41)48-32(51)29-19-38(5,49-36(54)47-26-14-12-23(13-15-26)34(53)55-8-2)35-46-21-28(33(52)50(29)35)45-20-22-10-9-11-24(16-22)40(42,43)44/h9-16,21,25,27,29-31,45H,7-8,17-20H2,1-6H3,(H,48,51)(H2,47,49,54)/t25?,27?,29-,30-,31+,38+,39-/m0/s1. The van der Waals surface area contributed by atoms with Crippen molar-refractivity contribution >= 4 is 36.4 Å². The third-order valence-electron chi connectivity index (χ3n) is 12.4. The average Bonchev–Trinajstić information content (AvgIpc) is 3.67. The molecule has 2 unspecified atom stereocenters. The maximum absolute atomic E-state index is 14.4. The summed E-state index contributed by atoms with van der Waals surface area (Å²) in [6.07, 6.45) is -1.08. The van der Waals surface area contributed by atoms with Crippen molar-refractivity contribution in [2.45, 2.75) is 109 Å². The Kier molecular flexibility index (Phi) is 10.5. The Morgan fingerprint density at radius 2 is 1.81 bits per heavy atom. The number of ether oxygens (including phenoxy) is 1. The van der Waals surface area contributed by atoms with Crippen LogP contribution in [0.15, 0.2) is 59.5 Å². The number of esters is 1. The molecule has 0 radical (unpaired) electrons. The zero-order valence-corrected chi connectivity index (χ0v) is 32.8. The van der Waals surface area contributed by atoms with Gasteiger partial charge in [-0.3, -0.25) is 14.2 Å². The summed E-state index contributed by atoms with van der Waals surface area (Å²) in [5, 5.41) is 11.6. The molecule has 2 aromatic carbocycles. The fourth-order valence-corrected chi connectivity index (χ4v) is 9.10. The Labute approximate surface area is 329 Å². The molecule has 4 N–H and O–H groups in total. The van der Waals surface area contributed by atoms with Crippen molar-refractivity contribution in [2.24, 2.45) is 17.3 Å². The first kappa shape index (κ1) is 40.3. The normalized spacial score (nSPS) is 27.4. The number of carbonyl (C=O) groups is 3. The van der Waals surface area contributed by atoms with Gasteiger partial charge in [-0.2, -0.15) is 13.2 Å². The van der Waals surface area contributed by atoms with Gasteiger partial charge in [-0.25, -0.2) is 14.6 Å². The molecule has 3 amide bonds. The SMILES string of the molecule is CCOC(=O)c1ccc(NC(=O)N[C@]2(C)C[C@@H](C(=O)N[C@@H](CC)B3O[C@@H]4C5CC(C[C@]4(C)O3)C5(C)C)n3c2ncc(NCc2cccc(C(F)(F)F)c2)c3=O)cc1. The number of amides is 3. The van der Waals surface area contributed by atoms with Gasteiger partial charge in [0.1, 0.15) is 17.6 Å². The lowest BCUT2D eigenvalue weighted by molar-refractivity contribution is -0.185. The lowest BCUT2D eigenvalue weighted by Gasteiger charge is -2.63. The Hall–Kier alpha value is -4.90. The molecule has 1 aromatic heterocycles. The molecule has 3 saturated carbocycles. The maximum atomic E-state index is 14.4. The van der Waals surface area contributed by atoms with Gasteiger partial charge in [0.2, 0.25) is 5.91 Å². The number of halogens is 3. The number of benzene rings is 2. The van der Waals surface area contributed by atoms with Crippen molar-refractivity contribution in [1.29, 1.82) is 0 Å². The van der Waals surface area contributed by atoms with Gasteiger partial charge in [0.15, 0.2) is 0 Å². The molecule has 4 fully saturated rings. The Balaban J connectivity index is 1.13. The number of hydrogen-bond acceptors (Lipinski definition) is 9. The van der Waals surface area contributed by atoms with Crippen LogP contribution in [-0.4, -0.2) is 58.8 Å². The van der Waals surface area contributed by atoms with Gasteiger partial charge in [-0.1, -0.05) is 32.9 Å². The number of nitrogens with zero attached hydrogens (tertiary/aromatic N) is 2. The molecule has 5 aliphatic rings. The predicted molar refractivity (Wildman–Crippen MR) is 205 cm³/mol. The van der Waals surface area contributed by atoms with E-state index in [4.69, 9.17) is 14.0 Å². The van der Waals surface area contributed by atoms with E-state index in [1.165, 1.54) is 47.2 Å². The molecule has 2 bridgehead atoms. The van der Waals surface area contributed by atoms with E-state index >= 15 is 0 Å². The maximum Gasteiger partial charge on any atom is 0.481 e. The summed E-state index contributed by atoms with van der Waals surface area (Å²) in [5.74, 6) is -0.613. The van der Waals surface area contributed by atoms with Gasteiger partial charge in [-0.05, 0) is 99.2 Å². The minimum absolute atomic E-state index is 0.0440. The second-order valence-corrected chi connectivity index (χ2v) is 16.6. The van der Waals surface area contributed by atoms with E-state index in [0.29, 0.717) is 29.5 Å². The molecule has 3 aliphatic carbocycles. The predicted octanol–water partition coefficient (Wildman–Crippen LogP) is 6.19. The number of rotatable bonds is 11. The highest BCUT2D eigenvalue weighted by atomic mass is 19.4. The van der Waals surface area contributed by atoms with Crippen molar-refractivity contribution < 1.29 is 41.6 Å². The molecular weight excluding hydrogens is 744 g/mol. The second-order valence-electron chi connectivity index (χ2n) is 16.6. The third kappa shape index (κ3) is 7.51. The van der Waals surface area contributed by atoms with Crippen molar-refractivity contribution in [3.8, 4) is 0 Å². The quantitative estimate of drug-likeness (QED) is 0.131. The van der Waals surface area contributed by atoms with Gasteiger partial charge in [-0.15, -0.1) is 0 Å². The van der Waals surface area contributed by atoms with E-state index in [1.807, 2.05) is 6.92 Å². The molecule has 0 spiro atoms. The molecule has 2 aliphatic heterocycles. The van der Waals surface area contributed by atoms with Crippen LogP contribution in [0, 0.1) is 17.3 Å². The topological polar surface area (TPSA) is 162 Å². The zero-order valence-electron chi connectivity index (χ0n) is 32.8. The van der Waals surface area contributed by atoms with Crippen LogP contribution >= 0.6 is 0 Å². The summed E-state index contributed by atoms with van der Waals surface area (Å²) in [7, 11) is -0.717. The highest BCUT2D eigenvalue weighted by molar-refractivity contribution is 6.47. The van der Waals surface area contributed by atoms with E-state index in [-0.39, 0.29) is 48.2 Å². The smallest absolute Gasteiger partial charge is 0.462 e. The Morgan fingerprint density at radius 3 is 2.47 bits per heavy atom. The third-order valence-corrected chi connectivity index (χ3v) is 12.4. The van der Waals surface area contributed by atoms with Gasteiger partial charge in [0.25, 0.3) is 5.56 Å². The number of carbonyl (C=O) groups excluding carboxylic acids is 3. The highest BCUT2D eigenvalue weighted by Gasteiger charge is 2.67. The van der Waals surface area contributed by atoms with Gasteiger partial charge in [0, 0.05) is 18.7 Å². The molecule has 3 aromatic rings. The molecule has 57 heavy (non-hydrogen) atoms. The first-order chi connectivity index (χ1) is 26.9. The molecule has 304 valence electrons. The highest BCUT2D eigenvalue weighted by Crippen LogP contribution is 2.64.